The van der Waals surface area contributed by atoms with Crippen molar-refractivity contribution < 1.29 is 13.2 Å². The Kier molecular flexibility index (Phi) is 3.34. The topological polar surface area (TPSA) is 32.9 Å². The standard InChI is InChI=1S/C13H11ClF3NO/c1-6(2)8-5-11(19)18-12-9(8)3-7(4-10(12)14)13(15,16)17/h3-6H,1-2H3,(H,18,19). The van der Waals surface area contributed by atoms with Gasteiger partial charge in [-0.15, -0.1) is 0 Å². The first-order valence-electron chi connectivity index (χ1n) is 5.64. The van der Waals surface area contributed by atoms with Gasteiger partial charge in [0, 0.05) is 11.5 Å². The molecule has 19 heavy (non-hydrogen) atoms. The lowest BCUT2D eigenvalue weighted by atomic mass is 9.97. The first-order chi connectivity index (χ1) is 8.70. The molecule has 1 N–H and O–H groups in total. The zero-order chi connectivity index (χ0) is 14.4. The highest BCUT2D eigenvalue weighted by Crippen LogP contribution is 2.36. The van der Waals surface area contributed by atoms with Gasteiger partial charge in [-0.25, -0.2) is 0 Å². The second-order valence-corrected chi connectivity index (χ2v) is 5.03. The SMILES string of the molecule is CC(C)c1cc(=O)[nH]c2c(Cl)cc(C(F)(F)F)cc12. The summed E-state index contributed by atoms with van der Waals surface area (Å²) in [7, 11) is 0. The largest absolute Gasteiger partial charge is 0.416 e. The van der Waals surface area contributed by atoms with Crippen LogP contribution >= 0.6 is 11.6 Å². The van der Waals surface area contributed by atoms with Crippen LogP contribution in [0.4, 0.5) is 13.2 Å². The zero-order valence-corrected chi connectivity index (χ0v) is 11.0. The fourth-order valence-electron chi connectivity index (χ4n) is 1.98. The molecule has 0 radical (unpaired) electrons. The van der Waals surface area contributed by atoms with Crippen LogP contribution in [-0.4, -0.2) is 4.98 Å². The molecule has 0 saturated carbocycles. The normalized spacial score (nSPS) is 12.4. The lowest BCUT2D eigenvalue weighted by molar-refractivity contribution is -0.137. The number of H-pyrrole nitrogens is 1. The van der Waals surface area contributed by atoms with Crippen LogP contribution < -0.4 is 5.56 Å². The molecule has 6 heteroatoms. The molecule has 0 amide bonds. The Morgan fingerprint density at radius 2 is 1.84 bits per heavy atom. The maximum Gasteiger partial charge on any atom is 0.416 e. The van der Waals surface area contributed by atoms with Crippen molar-refractivity contribution >= 4 is 22.5 Å². The van der Waals surface area contributed by atoms with Gasteiger partial charge in [0.25, 0.3) is 0 Å². The van der Waals surface area contributed by atoms with E-state index in [9.17, 15) is 18.0 Å². The second kappa shape index (κ2) is 4.56. The minimum atomic E-state index is -4.47. The smallest absolute Gasteiger partial charge is 0.321 e. The summed E-state index contributed by atoms with van der Waals surface area (Å²) in [6, 6.07) is 3.15. The lowest BCUT2D eigenvalue weighted by Crippen LogP contribution is -2.10. The summed E-state index contributed by atoms with van der Waals surface area (Å²) in [4.78, 5) is 14.0. The number of nitrogens with one attached hydrogen (secondary N) is 1. The highest BCUT2D eigenvalue weighted by atomic mass is 35.5. The number of hydrogen-bond acceptors (Lipinski definition) is 1. The van der Waals surface area contributed by atoms with Crippen molar-refractivity contribution in [3.8, 4) is 0 Å². The lowest BCUT2D eigenvalue weighted by Gasteiger charge is -2.13. The number of hydrogen-bond donors (Lipinski definition) is 1. The van der Waals surface area contributed by atoms with Crippen molar-refractivity contribution in [2.75, 3.05) is 0 Å². The van der Waals surface area contributed by atoms with E-state index in [0.717, 1.165) is 12.1 Å². The predicted molar refractivity (Wildman–Crippen MR) is 68.7 cm³/mol. The van der Waals surface area contributed by atoms with E-state index >= 15 is 0 Å². The molecule has 2 rings (SSSR count). The van der Waals surface area contributed by atoms with Gasteiger partial charge in [0.15, 0.2) is 0 Å². The van der Waals surface area contributed by atoms with Crippen molar-refractivity contribution in [1.82, 2.24) is 4.98 Å². The third-order valence-corrected chi connectivity index (χ3v) is 3.18. The van der Waals surface area contributed by atoms with E-state index in [4.69, 9.17) is 11.6 Å². The van der Waals surface area contributed by atoms with Crippen LogP contribution in [0.5, 0.6) is 0 Å². The van der Waals surface area contributed by atoms with Crippen molar-refractivity contribution in [3.63, 3.8) is 0 Å². The monoisotopic (exact) mass is 289 g/mol. The summed E-state index contributed by atoms with van der Waals surface area (Å²) >= 11 is 5.85. The Labute approximate surface area is 112 Å². The Bertz CT molecular complexity index is 689. The Morgan fingerprint density at radius 3 is 2.37 bits per heavy atom. The van der Waals surface area contributed by atoms with Gasteiger partial charge in [-0.05, 0) is 23.6 Å². The van der Waals surface area contributed by atoms with Crippen LogP contribution in [0.15, 0.2) is 23.0 Å². The van der Waals surface area contributed by atoms with Crippen LogP contribution in [0.1, 0.15) is 30.9 Å². The third kappa shape index (κ3) is 2.61. The molecule has 1 heterocycles. The van der Waals surface area contributed by atoms with Crippen molar-refractivity contribution in [1.29, 1.82) is 0 Å². The molecule has 0 aliphatic heterocycles. The van der Waals surface area contributed by atoms with Gasteiger partial charge in [-0.1, -0.05) is 25.4 Å². The molecular weight excluding hydrogens is 279 g/mol. The van der Waals surface area contributed by atoms with Crippen LogP contribution in [0.25, 0.3) is 10.9 Å². The van der Waals surface area contributed by atoms with Crippen LogP contribution in [0, 0.1) is 0 Å². The molecule has 0 atom stereocenters. The minimum absolute atomic E-state index is 0.0793. The molecule has 0 spiro atoms. The minimum Gasteiger partial charge on any atom is -0.321 e. The second-order valence-electron chi connectivity index (χ2n) is 4.62. The number of halogens is 4. The summed E-state index contributed by atoms with van der Waals surface area (Å²) in [5, 5.41) is 0.221. The summed E-state index contributed by atoms with van der Waals surface area (Å²) in [6.45, 7) is 3.62. The van der Waals surface area contributed by atoms with Gasteiger partial charge < -0.3 is 4.98 Å². The quantitative estimate of drug-likeness (QED) is 0.833. The van der Waals surface area contributed by atoms with Crippen molar-refractivity contribution in [2.45, 2.75) is 25.9 Å². The average molecular weight is 290 g/mol. The summed E-state index contributed by atoms with van der Waals surface area (Å²) < 4.78 is 38.3. The first-order valence-corrected chi connectivity index (χ1v) is 6.01. The maximum absolute atomic E-state index is 12.8. The summed E-state index contributed by atoms with van der Waals surface area (Å²) in [5.74, 6) is -0.0793. The van der Waals surface area contributed by atoms with E-state index in [0.29, 0.717) is 10.9 Å². The highest BCUT2D eigenvalue weighted by Gasteiger charge is 2.31. The molecule has 1 aromatic heterocycles. The van der Waals surface area contributed by atoms with Crippen LogP contribution in [0.3, 0.4) is 0 Å². The third-order valence-electron chi connectivity index (χ3n) is 2.89. The highest BCUT2D eigenvalue weighted by molar-refractivity contribution is 6.35. The maximum atomic E-state index is 12.8. The molecule has 2 aromatic rings. The molecule has 0 aliphatic carbocycles. The van der Waals surface area contributed by atoms with Crippen LogP contribution in [0.2, 0.25) is 5.02 Å². The van der Waals surface area contributed by atoms with E-state index in [1.54, 1.807) is 0 Å². The predicted octanol–water partition coefficient (Wildman–Crippen LogP) is 4.32. The number of aromatic amines is 1. The average Bonchev–Trinajstić information content (AvgIpc) is 2.27. The van der Waals surface area contributed by atoms with Gasteiger partial charge in [-0.2, -0.15) is 13.2 Å². The number of fused-ring (bicyclic) bond motifs is 1. The fraction of sp³-hybridized carbons (Fsp3) is 0.308. The Hall–Kier alpha value is -1.49. The van der Waals surface area contributed by atoms with Gasteiger partial charge in [0.1, 0.15) is 0 Å². The molecule has 0 aliphatic rings. The Morgan fingerprint density at radius 1 is 1.21 bits per heavy atom. The number of alkyl halides is 3. The van der Waals surface area contributed by atoms with E-state index in [2.05, 4.69) is 4.98 Å². The summed E-state index contributed by atoms with van der Waals surface area (Å²) in [5.41, 5.74) is -0.408. The van der Waals surface area contributed by atoms with E-state index in [1.807, 2.05) is 13.8 Å². The van der Waals surface area contributed by atoms with E-state index in [1.165, 1.54) is 6.07 Å². The fourth-order valence-corrected chi connectivity index (χ4v) is 2.25. The van der Waals surface area contributed by atoms with Gasteiger partial charge in [-0.3, -0.25) is 4.79 Å². The van der Waals surface area contributed by atoms with Crippen molar-refractivity contribution in [3.05, 3.63) is 44.7 Å². The molecule has 0 unspecified atom stereocenters. The first kappa shape index (κ1) is 13.9. The molecule has 102 valence electrons. The van der Waals surface area contributed by atoms with E-state index < -0.39 is 11.7 Å². The molecule has 2 nitrogen and oxygen atoms in total. The molecule has 0 saturated heterocycles. The number of rotatable bonds is 1. The molecular formula is C13H11ClF3NO. The van der Waals surface area contributed by atoms with Crippen molar-refractivity contribution in [2.24, 2.45) is 0 Å². The van der Waals surface area contributed by atoms with Gasteiger partial charge >= 0.3 is 6.18 Å². The van der Waals surface area contributed by atoms with Gasteiger partial charge in [0.05, 0.1) is 16.1 Å². The number of benzene rings is 1. The van der Waals surface area contributed by atoms with Gasteiger partial charge in [0.2, 0.25) is 5.56 Å². The molecule has 0 fully saturated rings. The Balaban J connectivity index is 2.89. The zero-order valence-electron chi connectivity index (χ0n) is 10.2. The summed E-state index contributed by atoms with van der Waals surface area (Å²) in [6.07, 6.45) is -4.47. The molecule has 0 bridgehead atoms. The number of pyridine rings is 1. The molecule has 1 aromatic carbocycles. The van der Waals surface area contributed by atoms with Crippen LogP contribution in [-0.2, 0) is 6.18 Å². The number of aromatic nitrogens is 1. The van der Waals surface area contributed by atoms with E-state index in [-0.39, 0.29) is 22.0 Å².